The van der Waals surface area contributed by atoms with E-state index in [2.05, 4.69) is 35.3 Å². The molecule has 5 heteroatoms. The van der Waals surface area contributed by atoms with Gasteiger partial charge in [0.2, 0.25) is 5.91 Å². The van der Waals surface area contributed by atoms with Crippen LogP contribution in [0.3, 0.4) is 0 Å². The Bertz CT molecular complexity index is 1040. The number of piperidine rings is 1. The van der Waals surface area contributed by atoms with Crippen molar-refractivity contribution in [2.75, 3.05) is 13.1 Å². The molecule has 162 valence electrons. The number of hydrogen-bond acceptors (Lipinski definition) is 4. The minimum atomic E-state index is 0.0550. The number of carbonyl (C=O) groups excluding carboxylic acids is 1. The highest BCUT2D eigenvalue weighted by molar-refractivity contribution is 5.92. The lowest BCUT2D eigenvalue weighted by molar-refractivity contribution is -0.132. The Morgan fingerprint density at radius 1 is 1.10 bits per heavy atom. The summed E-state index contributed by atoms with van der Waals surface area (Å²) in [5.74, 6) is 1.90. The predicted octanol–water partition coefficient (Wildman–Crippen LogP) is 5.47. The maximum absolute atomic E-state index is 11.9. The van der Waals surface area contributed by atoms with Gasteiger partial charge in [-0.15, -0.1) is 0 Å². The summed E-state index contributed by atoms with van der Waals surface area (Å²) >= 11 is 0. The predicted molar refractivity (Wildman–Crippen MR) is 123 cm³/mol. The van der Waals surface area contributed by atoms with Crippen LogP contribution in [0.25, 0.3) is 22.0 Å². The monoisotopic (exact) mass is 418 g/mol. The fraction of sp³-hybridized carbons (Fsp3) is 0.385. The van der Waals surface area contributed by atoms with E-state index < -0.39 is 0 Å². The van der Waals surface area contributed by atoms with Gasteiger partial charge < -0.3 is 14.4 Å². The van der Waals surface area contributed by atoms with E-state index >= 15 is 0 Å². The molecule has 1 aliphatic rings. The average Bonchev–Trinajstić information content (AvgIpc) is 2.79. The third-order valence-corrected chi connectivity index (χ3v) is 5.65. The van der Waals surface area contributed by atoms with Crippen molar-refractivity contribution < 1.29 is 14.3 Å². The first kappa shape index (κ1) is 21.2. The fourth-order valence-corrected chi connectivity index (χ4v) is 4.05. The molecule has 1 aliphatic heterocycles. The molecule has 0 saturated carbocycles. The molecule has 1 amide bonds. The largest absolute Gasteiger partial charge is 0.490 e. The lowest BCUT2D eigenvalue weighted by Gasteiger charge is -2.32. The summed E-state index contributed by atoms with van der Waals surface area (Å²) in [7, 11) is 0. The van der Waals surface area contributed by atoms with Crippen molar-refractivity contribution in [3.05, 3.63) is 54.7 Å². The van der Waals surface area contributed by atoms with E-state index in [1.165, 1.54) is 0 Å². The second kappa shape index (κ2) is 9.38. The maximum atomic E-state index is 11.9. The minimum Gasteiger partial charge on any atom is -0.490 e. The van der Waals surface area contributed by atoms with Crippen LogP contribution in [0.15, 0.2) is 54.7 Å². The SMILES string of the molecule is CCC(=O)N1CCC(Oc2ccc(-c3ccc4cccnc4c3OC(C)C)cc2)CC1. The molecule has 0 N–H and O–H groups in total. The average molecular weight is 419 g/mol. The zero-order chi connectivity index (χ0) is 21.8. The third kappa shape index (κ3) is 4.82. The summed E-state index contributed by atoms with van der Waals surface area (Å²) in [6.07, 6.45) is 4.32. The van der Waals surface area contributed by atoms with Gasteiger partial charge in [0.25, 0.3) is 0 Å². The number of ether oxygens (including phenoxy) is 2. The molecule has 0 aliphatic carbocycles. The van der Waals surface area contributed by atoms with Gasteiger partial charge in [-0.05, 0) is 43.7 Å². The van der Waals surface area contributed by atoms with Crippen LogP contribution >= 0.6 is 0 Å². The van der Waals surface area contributed by atoms with Gasteiger partial charge >= 0.3 is 0 Å². The van der Waals surface area contributed by atoms with Gasteiger partial charge in [0, 0.05) is 49.5 Å². The molecule has 5 nitrogen and oxygen atoms in total. The van der Waals surface area contributed by atoms with Crippen molar-refractivity contribution in [2.45, 2.75) is 52.2 Å². The summed E-state index contributed by atoms with van der Waals surface area (Å²) in [5, 5.41) is 1.06. The molecule has 3 aromatic rings. The van der Waals surface area contributed by atoms with E-state index in [1.807, 2.05) is 43.9 Å². The number of benzene rings is 2. The molecule has 0 radical (unpaired) electrons. The van der Waals surface area contributed by atoms with E-state index in [4.69, 9.17) is 9.47 Å². The highest BCUT2D eigenvalue weighted by Gasteiger charge is 2.23. The Kier molecular flexibility index (Phi) is 6.40. The molecule has 2 heterocycles. The van der Waals surface area contributed by atoms with E-state index in [1.54, 1.807) is 6.20 Å². The Hall–Kier alpha value is -3.08. The molecule has 1 fully saturated rings. The van der Waals surface area contributed by atoms with Gasteiger partial charge in [-0.25, -0.2) is 0 Å². The second-order valence-corrected chi connectivity index (χ2v) is 8.26. The highest BCUT2D eigenvalue weighted by Crippen LogP contribution is 2.37. The van der Waals surface area contributed by atoms with Gasteiger partial charge in [0.1, 0.15) is 17.4 Å². The molecule has 4 rings (SSSR count). The Labute approximate surface area is 184 Å². The van der Waals surface area contributed by atoms with Crippen molar-refractivity contribution in [2.24, 2.45) is 0 Å². The number of fused-ring (bicyclic) bond motifs is 1. The van der Waals surface area contributed by atoms with Crippen molar-refractivity contribution in [3.8, 4) is 22.6 Å². The summed E-state index contributed by atoms with van der Waals surface area (Å²) in [6, 6.07) is 16.3. The highest BCUT2D eigenvalue weighted by atomic mass is 16.5. The van der Waals surface area contributed by atoms with Crippen molar-refractivity contribution in [1.82, 2.24) is 9.88 Å². The number of rotatable bonds is 6. The van der Waals surface area contributed by atoms with Gasteiger partial charge in [0.15, 0.2) is 5.75 Å². The summed E-state index contributed by atoms with van der Waals surface area (Å²) in [6.45, 7) is 7.52. The van der Waals surface area contributed by atoms with Crippen LogP contribution < -0.4 is 9.47 Å². The number of likely N-dealkylation sites (tertiary alicyclic amines) is 1. The lowest BCUT2D eigenvalue weighted by atomic mass is 10.0. The van der Waals surface area contributed by atoms with Gasteiger partial charge in [0.05, 0.1) is 6.10 Å². The molecule has 0 unspecified atom stereocenters. The fourth-order valence-electron chi connectivity index (χ4n) is 4.05. The zero-order valence-electron chi connectivity index (χ0n) is 18.5. The van der Waals surface area contributed by atoms with Crippen LogP contribution in [0, 0.1) is 0 Å². The number of hydrogen-bond donors (Lipinski definition) is 0. The quantitative estimate of drug-likeness (QED) is 0.533. The second-order valence-electron chi connectivity index (χ2n) is 8.26. The van der Waals surface area contributed by atoms with E-state index in [-0.39, 0.29) is 18.1 Å². The third-order valence-electron chi connectivity index (χ3n) is 5.65. The summed E-state index contributed by atoms with van der Waals surface area (Å²) in [4.78, 5) is 18.4. The molecule has 31 heavy (non-hydrogen) atoms. The van der Waals surface area contributed by atoms with Crippen LogP contribution in [0.4, 0.5) is 0 Å². The van der Waals surface area contributed by atoms with Crippen LogP contribution in [0.5, 0.6) is 11.5 Å². The molecule has 1 aromatic heterocycles. The van der Waals surface area contributed by atoms with Gasteiger partial charge in [-0.3, -0.25) is 9.78 Å². The topological polar surface area (TPSA) is 51.7 Å². The Morgan fingerprint density at radius 3 is 2.52 bits per heavy atom. The van der Waals surface area contributed by atoms with E-state index in [0.717, 1.165) is 59.5 Å². The molecule has 0 spiro atoms. The first-order valence-electron chi connectivity index (χ1n) is 11.1. The number of amides is 1. The number of aromatic nitrogens is 1. The van der Waals surface area contributed by atoms with Crippen LogP contribution in [0.1, 0.15) is 40.0 Å². The lowest BCUT2D eigenvalue weighted by Crippen LogP contribution is -2.41. The first-order chi connectivity index (χ1) is 15.0. The van der Waals surface area contributed by atoms with E-state index in [0.29, 0.717) is 6.42 Å². The first-order valence-corrected chi connectivity index (χ1v) is 11.1. The van der Waals surface area contributed by atoms with Gasteiger partial charge in [-0.1, -0.05) is 31.2 Å². The Morgan fingerprint density at radius 2 is 1.84 bits per heavy atom. The number of pyridine rings is 1. The molecule has 2 aromatic carbocycles. The zero-order valence-corrected chi connectivity index (χ0v) is 18.5. The van der Waals surface area contributed by atoms with Crippen molar-refractivity contribution in [3.63, 3.8) is 0 Å². The molecule has 1 saturated heterocycles. The standard InChI is InChI=1S/C26H30N2O3/c1-4-24(29)28-16-13-22(14-17-28)31-21-10-7-19(8-11-21)23-12-9-20-6-5-15-27-25(20)26(23)30-18(2)3/h5-12,15,18,22H,4,13-14,16-17H2,1-3H3. The van der Waals surface area contributed by atoms with Crippen LogP contribution in [-0.2, 0) is 4.79 Å². The Balaban J connectivity index is 1.51. The number of carbonyl (C=O) groups is 1. The van der Waals surface area contributed by atoms with Crippen molar-refractivity contribution >= 4 is 16.8 Å². The minimum absolute atomic E-state index is 0.0550. The molecular formula is C26H30N2O3. The molecule has 0 atom stereocenters. The van der Waals surface area contributed by atoms with Crippen LogP contribution in [0.2, 0.25) is 0 Å². The smallest absolute Gasteiger partial charge is 0.222 e. The van der Waals surface area contributed by atoms with Crippen LogP contribution in [-0.4, -0.2) is 41.1 Å². The summed E-state index contributed by atoms with van der Waals surface area (Å²) < 4.78 is 12.4. The molecule has 0 bridgehead atoms. The van der Waals surface area contributed by atoms with Crippen molar-refractivity contribution in [1.29, 1.82) is 0 Å². The summed E-state index contributed by atoms with van der Waals surface area (Å²) in [5.41, 5.74) is 2.97. The normalized spacial score (nSPS) is 14.8. The van der Waals surface area contributed by atoms with E-state index in [9.17, 15) is 4.79 Å². The maximum Gasteiger partial charge on any atom is 0.222 e. The number of nitrogens with zero attached hydrogens (tertiary/aromatic N) is 2. The molecular weight excluding hydrogens is 388 g/mol. The van der Waals surface area contributed by atoms with Gasteiger partial charge in [-0.2, -0.15) is 0 Å².